The van der Waals surface area contributed by atoms with E-state index in [2.05, 4.69) is 27.4 Å². The predicted molar refractivity (Wildman–Crippen MR) is 123 cm³/mol. The topological polar surface area (TPSA) is 73.1 Å². The van der Waals surface area contributed by atoms with Gasteiger partial charge >= 0.3 is 0 Å². The smallest absolute Gasteiger partial charge is 0.0668 e. The van der Waals surface area contributed by atoms with Gasteiger partial charge in [0.15, 0.2) is 0 Å². The molecule has 1 saturated carbocycles. The van der Waals surface area contributed by atoms with Crippen molar-refractivity contribution in [2.24, 2.45) is 17.6 Å². The zero-order valence-corrected chi connectivity index (χ0v) is 18.6. The maximum Gasteiger partial charge on any atom is 0.0668 e. The van der Waals surface area contributed by atoms with Crippen LogP contribution in [0.15, 0.2) is 24.5 Å². The summed E-state index contributed by atoms with van der Waals surface area (Å²) in [4.78, 5) is 9.24. The summed E-state index contributed by atoms with van der Waals surface area (Å²) < 4.78 is 5.47. The van der Waals surface area contributed by atoms with Crippen molar-refractivity contribution in [3.05, 3.63) is 40.9 Å². The number of nitrogens with zero attached hydrogens (tertiary/aromatic N) is 2. The van der Waals surface area contributed by atoms with Crippen LogP contribution in [0.1, 0.15) is 49.9 Å². The van der Waals surface area contributed by atoms with Crippen LogP contribution in [0.5, 0.6) is 0 Å². The van der Waals surface area contributed by atoms with Crippen LogP contribution in [0.2, 0.25) is 5.02 Å². The lowest BCUT2D eigenvalue weighted by atomic mass is 9.83. The quantitative estimate of drug-likeness (QED) is 0.676. The van der Waals surface area contributed by atoms with Gasteiger partial charge in [0, 0.05) is 55.0 Å². The Labute approximate surface area is 184 Å². The number of hydrogen-bond donors (Lipinski definition) is 2. The molecule has 0 amide bonds. The molecule has 2 aromatic rings. The fourth-order valence-corrected chi connectivity index (χ4v) is 4.78. The fourth-order valence-electron chi connectivity index (χ4n) is 4.57. The second-order valence-corrected chi connectivity index (χ2v) is 9.34. The summed E-state index contributed by atoms with van der Waals surface area (Å²) in [7, 11) is 0. The second kappa shape index (κ2) is 10.1. The summed E-state index contributed by atoms with van der Waals surface area (Å²) in [6.07, 6.45) is 11.5. The molecule has 3 heterocycles. The molecule has 5 nitrogen and oxygen atoms in total. The summed E-state index contributed by atoms with van der Waals surface area (Å²) in [5, 5.41) is 4.28. The minimum Gasteiger partial charge on any atom is -0.383 e. The Morgan fingerprint density at radius 2 is 1.80 bits per heavy atom. The van der Waals surface area contributed by atoms with E-state index in [1.54, 1.807) is 6.20 Å². The van der Waals surface area contributed by atoms with Gasteiger partial charge in [-0.05, 0) is 75.8 Å². The Hall–Kier alpha value is -1.69. The lowest BCUT2D eigenvalue weighted by Gasteiger charge is -2.25. The molecule has 4 rings (SSSR count). The monoisotopic (exact) mass is 428 g/mol. The summed E-state index contributed by atoms with van der Waals surface area (Å²) >= 11 is 6.54. The number of hydrogen-bond acceptors (Lipinski definition) is 5. The Morgan fingerprint density at radius 1 is 1.03 bits per heavy atom. The molecule has 6 heteroatoms. The van der Waals surface area contributed by atoms with E-state index in [1.807, 2.05) is 13.1 Å². The van der Waals surface area contributed by atoms with Crippen molar-refractivity contribution in [3.63, 3.8) is 0 Å². The molecule has 162 valence electrons. The van der Waals surface area contributed by atoms with Gasteiger partial charge in [-0.3, -0.25) is 9.97 Å². The summed E-state index contributed by atoms with van der Waals surface area (Å²) in [5.74, 6) is 1.32. The number of pyridine rings is 2. The van der Waals surface area contributed by atoms with E-state index in [0.29, 0.717) is 22.9 Å². The van der Waals surface area contributed by atoms with E-state index in [4.69, 9.17) is 22.1 Å². The minimum absolute atomic E-state index is 0.376. The van der Waals surface area contributed by atoms with Gasteiger partial charge in [0.25, 0.3) is 0 Å². The third-order valence-electron chi connectivity index (χ3n) is 6.62. The van der Waals surface area contributed by atoms with Gasteiger partial charge in [-0.25, -0.2) is 0 Å². The molecule has 0 spiro atoms. The van der Waals surface area contributed by atoms with Crippen LogP contribution in [0.4, 0.5) is 5.69 Å². The van der Waals surface area contributed by atoms with Gasteiger partial charge in [-0.15, -0.1) is 0 Å². The lowest BCUT2D eigenvalue weighted by molar-refractivity contribution is 0.0699. The van der Waals surface area contributed by atoms with Crippen molar-refractivity contribution in [2.75, 3.05) is 25.1 Å². The van der Waals surface area contributed by atoms with E-state index in [0.717, 1.165) is 80.1 Å². The molecule has 0 radical (unpaired) electrons. The first-order chi connectivity index (χ1) is 14.6. The number of halogens is 1. The van der Waals surface area contributed by atoms with E-state index < -0.39 is 0 Å². The van der Waals surface area contributed by atoms with Gasteiger partial charge in [-0.2, -0.15) is 0 Å². The molecular weight excluding hydrogens is 396 g/mol. The van der Waals surface area contributed by atoms with Crippen molar-refractivity contribution in [3.8, 4) is 11.1 Å². The predicted octanol–water partition coefficient (Wildman–Crippen LogP) is 5.00. The molecule has 0 aromatic carbocycles. The first-order valence-corrected chi connectivity index (χ1v) is 11.6. The van der Waals surface area contributed by atoms with Crippen molar-refractivity contribution in [1.29, 1.82) is 0 Å². The van der Waals surface area contributed by atoms with Crippen molar-refractivity contribution < 1.29 is 4.74 Å². The summed E-state index contributed by atoms with van der Waals surface area (Å²) in [6.45, 7) is 4.73. The lowest BCUT2D eigenvalue weighted by Crippen LogP contribution is -2.27. The Kier molecular flexibility index (Phi) is 7.24. The van der Waals surface area contributed by atoms with E-state index in [9.17, 15) is 0 Å². The molecule has 0 atom stereocenters. The molecule has 3 N–H and O–H groups in total. The van der Waals surface area contributed by atoms with Crippen LogP contribution >= 0.6 is 11.6 Å². The van der Waals surface area contributed by atoms with Crippen LogP contribution in [-0.2, 0) is 11.2 Å². The molecule has 2 fully saturated rings. The summed E-state index contributed by atoms with van der Waals surface area (Å²) in [5.41, 5.74) is 11.3. The van der Waals surface area contributed by atoms with Gasteiger partial charge in [0.2, 0.25) is 0 Å². The number of aryl methyl sites for hydroxylation is 1. The molecule has 0 unspecified atom stereocenters. The molecule has 2 aromatic heterocycles. The minimum atomic E-state index is 0.376. The van der Waals surface area contributed by atoms with Crippen molar-refractivity contribution in [2.45, 2.75) is 57.9 Å². The van der Waals surface area contributed by atoms with Crippen LogP contribution < -0.4 is 11.1 Å². The van der Waals surface area contributed by atoms with Crippen molar-refractivity contribution in [1.82, 2.24) is 9.97 Å². The number of nitrogens with two attached hydrogens (primary N) is 1. The molecule has 30 heavy (non-hydrogen) atoms. The largest absolute Gasteiger partial charge is 0.383 e. The van der Waals surface area contributed by atoms with Crippen LogP contribution in [0, 0.1) is 18.8 Å². The second-order valence-electron chi connectivity index (χ2n) is 8.93. The van der Waals surface area contributed by atoms with E-state index >= 15 is 0 Å². The number of anilines is 1. The van der Waals surface area contributed by atoms with Gasteiger partial charge in [-0.1, -0.05) is 11.6 Å². The van der Waals surface area contributed by atoms with Crippen LogP contribution in [0.3, 0.4) is 0 Å². The van der Waals surface area contributed by atoms with Gasteiger partial charge in [0.1, 0.15) is 0 Å². The number of ether oxygens (including phenoxy) is 1. The Morgan fingerprint density at radius 3 is 2.57 bits per heavy atom. The van der Waals surface area contributed by atoms with E-state index in [-0.39, 0.29) is 0 Å². The first-order valence-electron chi connectivity index (χ1n) is 11.3. The highest BCUT2D eigenvalue weighted by Gasteiger charge is 2.20. The SMILES string of the molecule is Cc1ncc(-c2cc(CC3CCC(N)CC3)ncc2Cl)cc1NCC1CCOCC1. The average molecular weight is 429 g/mol. The fraction of sp³-hybridized carbons (Fsp3) is 0.583. The number of aromatic nitrogens is 2. The van der Waals surface area contributed by atoms with Crippen molar-refractivity contribution >= 4 is 17.3 Å². The van der Waals surface area contributed by atoms with Crippen LogP contribution in [-0.4, -0.2) is 35.8 Å². The average Bonchev–Trinajstić information content (AvgIpc) is 2.77. The Bertz CT molecular complexity index is 845. The zero-order valence-electron chi connectivity index (χ0n) is 17.9. The van der Waals surface area contributed by atoms with E-state index in [1.165, 1.54) is 12.8 Å². The summed E-state index contributed by atoms with van der Waals surface area (Å²) in [6, 6.07) is 4.69. The first kappa shape index (κ1) is 21.5. The molecule has 1 saturated heterocycles. The highest BCUT2D eigenvalue weighted by Crippen LogP contribution is 2.32. The van der Waals surface area contributed by atoms with Crippen LogP contribution in [0.25, 0.3) is 11.1 Å². The Balaban J connectivity index is 1.48. The molecule has 1 aliphatic heterocycles. The standard InChI is InChI=1S/C24H33ClN4O/c1-16-24(29-13-18-6-8-30-9-7-18)11-19(14-27-16)22-12-21(28-15-23(22)25)10-17-2-4-20(26)5-3-17/h11-12,14-15,17-18,20,29H,2-10,13,26H2,1H3. The highest BCUT2D eigenvalue weighted by molar-refractivity contribution is 6.33. The molecule has 1 aliphatic carbocycles. The molecule has 2 aliphatic rings. The number of nitrogens with one attached hydrogen (secondary N) is 1. The normalized spacial score (nSPS) is 22.8. The zero-order chi connectivity index (χ0) is 20.9. The maximum absolute atomic E-state index is 6.54. The highest BCUT2D eigenvalue weighted by atomic mass is 35.5. The van der Waals surface area contributed by atoms with Gasteiger partial charge < -0.3 is 15.8 Å². The molecular formula is C24H33ClN4O. The van der Waals surface area contributed by atoms with Gasteiger partial charge in [0.05, 0.1) is 16.4 Å². The third kappa shape index (κ3) is 5.51. The number of rotatable bonds is 6. The maximum atomic E-state index is 6.54. The molecule has 0 bridgehead atoms. The third-order valence-corrected chi connectivity index (χ3v) is 6.92.